The largest absolute Gasteiger partial charge is 0.399 e. The van der Waals surface area contributed by atoms with Crippen molar-refractivity contribution in [1.29, 1.82) is 0 Å². The van der Waals surface area contributed by atoms with E-state index >= 15 is 0 Å². The second-order valence-electron chi connectivity index (χ2n) is 5.55. The topological polar surface area (TPSA) is 81.1 Å². The lowest BCUT2D eigenvalue weighted by Gasteiger charge is -2.20. The molecule has 0 bridgehead atoms. The smallest absolute Gasteiger partial charge is 0.253 e. The summed E-state index contributed by atoms with van der Waals surface area (Å²) in [6.07, 6.45) is 2.39. The Kier molecular flexibility index (Phi) is 3.20. The molecule has 5 N–H and O–H groups in total. The van der Waals surface area contributed by atoms with E-state index in [9.17, 15) is 4.79 Å². The van der Waals surface area contributed by atoms with Crippen LogP contribution >= 0.6 is 0 Å². The zero-order valence-electron chi connectivity index (χ0n) is 11.0. The number of carbonyl (C=O) groups excluding carboxylic acids is 1. The van der Waals surface area contributed by atoms with Gasteiger partial charge in [0, 0.05) is 17.9 Å². The van der Waals surface area contributed by atoms with Crippen LogP contribution in [-0.2, 0) is 0 Å². The Morgan fingerprint density at radius 2 is 2.06 bits per heavy atom. The van der Waals surface area contributed by atoms with Gasteiger partial charge in [0.25, 0.3) is 5.91 Å². The molecule has 18 heavy (non-hydrogen) atoms. The van der Waals surface area contributed by atoms with Crippen molar-refractivity contribution in [3.8, 4) is 0 Å². The third-order valence-corrected chi connectivity index (χ3v) is 4.04. The zero-order valence-corrected chi connectivity index (χ0v) is 11.0. The number of nitrogens with one attached hydrogen (secondary N) is 1. The first-order chi connectivity index (χ1) is 8.44. The van der Waals surface area contributed by atoms with Crippen LogP contribution < -0.4 is 16.8 Å². The van der Waals surface area contributed by atoms with Gasteiger partial charge in [0.2, 0.25) is 0 Å². The monoisotopic (exact) mass is 247 g/mol. The highest BCUT2D eigenvalue weighted by Gasteiger charge is 2.45. The van der Waals surface area contributed by atoms with Crippen LogP contribution in [0.5, 0.6) is 0 Å². The Morgan fingerprint density at radius 1 is 1.39 bits per heavy atom. The van der Waals surface area contributed by atoms with Crippen molar-refractivity contribution in [1.82, 2.24) is 5.32 Å². The lowest BCUT2D eigenvalue weighted by Crippen LogP contribution is -2.33. The highest BCUT2D eigenvalue weighted by molar-refractivity contribution is 5.99. The summed E-state index contributed by atoms with van der Waals surface area (Å²) in [5, 5.41) is 2.98. The number of anilines is 2. The minimum Gasteiger partial charge on any atom is -0.399 e. The Labute approximate surface area is 108 Å². The summed E-state index contributed by atoms with van der Waals surface area (Å²) < 4.78 is 0. The molecule has 1 amide bonds. The maximum atomic E-state index is 12.0. The van der Waals surface area contributed by atoms with Crippen molar-refractivity contribution in [2.75, 3.05) is 18.0 Å². The number of nitrogen functional groups attached to an aromatic ring is 2. The Bertz CT molecular complexity index is 464. The predicted octanol–water partition coefficient (Wildman–Crippen LogP) is 2.02. The van der Waals surface area contributed by atoms with Gasteiger partial charge >= 0.3 is 0 Å². The second-order valence-corrected chi connectivity index (χ2v) is 5.55. The Balaban J connectivity index is 2.00. The summed E-state index contributed by atoms with van der Waals surface area (Å²) in [6.45, 7) is 5.14. The quantitative estimate of drug-likeness (QED) is 0.712. The number of rotatable bonds is 4. The summed E-state index contributed by atoms with van der Waals surface area (Å²) in [5.74, 6) is 0.487. The molecule has 0 heterocycles. The third kappa shape index (κ3) is 2.42. The van der Waals surface area contributed by atoms with Crippen molar-refractivity contribution >= 4 is 17.3 Å². The molecule has 2 rings (SSSR count). The molecular formula is C14H21N3O. The normalized spacial score (nSPS) is 16.6. The molecule has 0 saturated heterocycles. The molecule has 98 valence electrons. The van der Waals surface area contributed by atoms with Gasteiger partial charge < -0.3 is 16.8 Å². The van der Waals surface area contributed by atoms with Crippen LogP contribution in [-0.4, -0.2) is 12.5 Å². The fourth-order valence-corrected chi connectivity index (χ4v) is 2.26. The number of hydrogen-bond donors (Lipinski definition) is 3. The van der Waals surface area contributed by atoms with E-state index in [1.165, 1.54) is 12.8 Å². The molecule has 0 atom stereocenters. The molecule has 1 aliphatic rings. The number of benzene rings is 1. The van der Waals surface area contributed by atoms with Crippen molar-refractivity contribution in [2.45, 2.75) is 26.7 Å². The summed E-state index contributed by atoms with van der Waals surface area (Å²) >= 11 is 0. The van der Waals surface area contributed by atoms with E-state index in [0.29, 0.717) is 28.3 Å². The number of amides is 1. The van der Waals surface area contributed by atoms with Crippen molar-refractivity contribution in [2.24, 2.45) is 11.3 Å². The van der Waals surface area contributed by atoms with Crippen LogP contribution in [0.4, 0.5) is 11.4 Å². The summed E-state index contributed by atoms with van der Waals surface area (Å²) in [4.78, 5) is 12.0. The van der Waals surface area contributed by atoms with Crippen LogP contribution in [0.3, 0.4) is 0 Å². The molecule has 0 radical (unpaired) electrons. The molecule has 4 heteroatoms. The highest BCUT2D eigenvalue weighted by atomic mass is 16.1. The summed E-state index contributed by atoms with van der Waals surface area (Å²) in [7, 11) is 0. The molecule has 1 aromatic rings. The third-order valence-electron chi connectivity index (χ3n) is 4.04. The first kappa shape index (κ1) is 12.7. The van der Waals surface area contributed by atoms with Gasteiger partial charge in [0.15, 0.2) is 0 Å². The number of nitrogens with two attached hydrogens (primary N) is 2. The molecule has 0 unspecified atom stereocenters. The molecule has 0 aromatic heterocycles. The minimum atomic E-state index is -0.112. The highest BCUT2D eigenvalue weighted by Crippen LogP contribution is 2.51. The molecule has 1 saturated carbocycles. The number of carbonyl (C=O) groups is 1. The summed E-state index contributed by atoms with van der Waals surface area (Å²) in [6, 6.07) is 4.99. The molecule has 0 spiro atoms. The lowest BCUT2D eigenvalue weighted by molar-refractivity contribution is 0.0940. The second kappa shape index (κ2) is 4.52. The van der Waals surface area contributed by atoms with Gasteiger partial charge in [-0.1, -0.05) is 13.8 Å². The van der Waals surface area contributed by atoms with Crippen molar-refractivity contribution < 1.29 is 4.79 Å². The fourth-order valence-electron chi connectivity index (χ4n) is 2.26. The van der Waals surface area contributed by atoms with Crippen LogP contribution in [0.1, 0.15) is 37.0 Å². The fraction of sp³-hybridized carbons (Fsp3) is 0.500. The lowest BCUT2D eigenvalue weighted by atomic mass is 9.92. The molecule has 1 fully saturated rings. The average molecular weight is 247 g/mol. The average Bonchev–Trinajstić information content (AvgIpc) is 3.07. The van der Waals surface area contributed by atoms with E-state index < -0.39 is 0 Å². The molecule has 1 aliphatic carbocycles. The van der Waals surface area contributed by atoms with Crippen LogP contribution in [0, 0.1) is 11.3 Å². The standard InChI is InChI=1S/C14H21N3O/c1-9(2)14(5-6-14)8-17-13(18)11-4-3-10(15)7-12(11)16/h3-4,7,9H,5-6,8,15-16H2,1-2H3,(H,17,18). The van der Waals surface area contributed by atoms with Gasteiger partial charge in [-0.25, -0.2) is 0 Å². The van der Waals surface area contributed by atoms with E-state index in [1.54, 1.807) is 18.2 Å². The van der Waals surface area contributed by atoms with Gasteiger partial charge in [0.05, 0.1) is 5.56 Å². The van der Waals surface area contributed by atoms with Crippen molar-refractivity contribution in [3.63, 3.8) is 0 Å². The Morgan fingerprint density at radius 3 is 2.56 bits per heavy atom. The van der Waals surface area contributed by atoms with E-state index in [0.717, 1.165) is 6.54 Å². The zero-order chi connectivity index (χ0) is 13.3. The van der Waals surface area contributed by atoms with Gasteiger partial charge in [-0.3, -0.25) is 4.79 Å². The van der Waals surface area contributed by atoms with Crippen LogP contribution in [0.25, 0.3) is 0 Å². The first-order valence-corrected chi connectivity index (χ1v) is 6.38. The van der Waals surface area contributed by atoms with E-state index in [2.05, 4.69) is 19.2 Å². The predicted molar refractivity (Wildman–Crippen MR) is 74.1 cm³/mol. The Hall–Kier alpha value is -1.71. The molecule has 0 aliphatic heterocycles. The SMILES string of the molecule is CC(C)C1(CNC(=O)c2ccc(N)cc2N)CC1. The van der Waals surface area contributed by atoms with Crippen LogP contribution in [0.2, 0.25) is 0 Å². The first-order valence-electron chi connectivity index (χ1n) is 6.38. The summed E-state index contributed by atoms with van der Waals surface area (Å²) in [5.41, 5.74) is 13.2. The number of hydrogen-bond acceptors (Lipinski definition) is 3. The van der Waals surface area contributed by atoms with Gasteiger partial charge in [0.1, 0.15) is 0 Å². The van der Waals surface area contributed by atoms with Gasteiger partial charge in [-0.15, -0.1) is 0 Å². The van der Waals surface area contributed by atoms with E-state index in [4.69, 9.17) is 11.5 Å². The van der Waals surface area contributed by atoms with E-state index in [1.807, 2.05) is 0 Å². The van der Waals surface area contributed by atoms with E-state index in [-0.39, 0.29) is 5.91 Å². The minimum absolute atomic E-state index is 0.112. The van der Waals surface area contributed by atoms with Crippen molar-refractivity contribution in [3.05, 3.63) is 23.8 Å². The maximum Gasteiger partial charge on any atom is 0.253 e. The molecule has 1 aromatic carbocycles. The maximum absolute atomic E-state index is 12.0. The van der Waals surface area contributed by atoms with Crippen LogP contribution in [0.15, 0.2) is 18.2 Å². The van der Waals surface area contributed by atoms with Gasteiger partial charge in [-0.05, 0) is 42.4 Å². The molecule has 4 nitrogen and oxygen atoms in total. The molecular weight excluding hydrogens is 226 g/mol. The van der Waals surface area contributed by atoms with Gasteiger partial charge in [-0.2, -0.15) is 0 Å².